The molecule has 6 heteroatoms. The summed E-state index contributed by atoms with van der Waals surface area (Å²) in [7, 11) is 0. The average molecular weight is 607 g/mol. The van der Waals surface area contributed by atoms with E-state index in [0.717, 1.165) is 38.0 Å². The van der Waals surface area contributed by atoms with Crippen LogP contribution in [0.2, 0.25) is 0 Å². The maximum absolute atomic E-state index is 12.1. The van der Waals surface area contributed by atoms with Crippen molar-refractivity contribution in [2.45, 2.75) is 168 Å². The van der Waals surface area contributed by atoms with Gasteiger partial charge in [0.05, 0.1) is 12.7 Å². The molecule has 0 aromatic carbocycles. The molecule has 0 saturated carbocycles. The Morgan fingerprint density at radius 3 is 2.00 bits per heavy atom. The van der Waals surface area contributed by atoms with E-state index in [9.17, 15) is 19.8 Å². The molecular formula is C37H66O6. The van der Waals surface area contributed by atoms with Gasteiger partial charge in [0.2, 0.25) is 0 Å². The molecule has 43 heavy (non-hydrogen) atoms. The van der Waals surface area contributed by atoms with Crippen molar-refractivity contribution < 1.29 is 29.3 Å². The molecule has 0 bridgehead atoms. The van der Waals surface area contributed by atoms with E-state index in [-0.39, 0.29) is 19.0 Å². The van der Waals surface area contributed by atoms with Crippen molar-refractivity contribution in [1.82, 2.24) is 0 Å². The zero-order valence-electron chi connectivity index (χ0n) is 28.0. The van der Waals surface area contributed by atoms with E-state index < -0.39 is 24.8 Å². The predicted molar refractivity (Wildman–Crippen MR) is 179 cm³/mol. The molecule has 0 aromatic rings. The van der Waals surface area contributed by atoms with Crippen LogP contribution in [0.4, 0.5) is 0 Å². The van der Waals surface area contributed by atoms with Gasteiger partial charge in [-0.2, -0.15) is 0 Å². The minimum atomic E-state index is -0.859. The first-order valence-electron chi connectivity index (χ1n) is 17.5. The summed E-state index contributed by atoms with van der Waals surface area (Å²) in [6.45, 7) is 6.25. The van der Waals surface area contributed by atoms with E-state index in [4.69, 9.17) is 9.47 Å². The second-order valence-corrected chi connectivity index (χ2v) is 12.3. The van der Waals surface area contributed by atoms with Crippen LogP contribution >= 0.6 is 0 Å². The number of ether oxygens (including phenoxy) is 2. The number of rotatable bonds is 30. The summed E-state index contributed by atoms with van der Waals surface area (Å²) in [6.07, 6.45) is 32.4. The van der Waals surface area contributed by atoms with Gasteiger partial charge in [-0.25, -0.2) is 0 Å². The number of esters is 2. The van der Waals surface area contributed by atoms with Gasteiger partial charge in [-0.05, 0) is 44.4 Å². The van der Waals surface area contributed by atoms with E-state index in [1.54, 1.807) is 6.08 Å². The number of aliphatic hydroxyl groups is 2. The van der Waals surface area contributed by atoms with Crippen LogP contribution in [0.3, 0.4) is 0 Å². The third-order valence-corrected chi connectivity index (χ3v) is 7.47. The van der Waals surface area contributed by atoms with E-state index >= 15 is 0 Å². The van der Waals surface area contributed by atoms with Crippen LogP contribution in [0.5, 0.6) is 0 Å². The molecular weight excluding hydrogens is 540 g/mol. The molecule has 0 aromatic heterocycles. The standard InChI is InChI=1S/C37H66O6/c1-4-5-6-7-8-9-10-11-12-13-17-20-23-27-34(39)28-25-30-37(41)43-35(31-38)32-42-36(40)29-24-21-18-15-14-16-19-22-26-33(2)3/h11-12,17,20,23,27,33-35,38-39H,4-10,13-16,18-19,21-22,24-26,28-32H2,1-3H3/b12-11+,20-17+,27-23+/t34?,35-/m0/s1. The van der Waals surface area contributed by atoms with Crippen LogP contribution in [0.1, 0.15) is 156 Å². The SMILES string of the molecule is CCCCCCCC/C=C/C/C=C/C=C/C(O)CCCC(=O)O[C@@H](CO)COC(=O)CCCCCCCCCCC(C)C. The van der Waals surface area contributed by atoms with Crippen molar-refractivity contribution in [2.75, 3.05) is 13.2 Å². The third kappa shape index (κ3) is 31.3. The Balaban J connectivity index is 3.81. The molecule has 0 spiro atoms. The average Bonchev–Trinajstić information content (AvgIpc) is 2.98. The molecule has 1 unspecified atom stereocenters. The largest absolute Gasteiger partial charge is 0.462 e. The highest BCUT2D eigenvalue weighted by molar-refractivity contribution is 5.70. The van der Waals surface area contributed by atoms with E-state index in [1.807, 2.05) is 12.2 Å². The minimum Gasteiger partial charge on any atom is -0.462 e. The van der Waals surface area contributed by atoms with Gasteiger partial charge in [-0.3, -0.25) is 9.59 Å². The predicted octanol–water partition coefficient (Wildman–Crippen LogP) is 9.33. The second kappa shape index (κ2) is 31.5. The van der Waals surface area contributed by atoms with Gasteiger partial charge in [0.25, 0.3) is 0 Å². The molecule has 0 fully saturated rings. The zero-order chi connectivity index (χ0) is 31.8. The zero-order valence-corrected chi connectivity index (χ0v) is 28.0. The molecule has 0 aliphatic heterocycles. The van der Waals surface area contributed by atoms with Gasteiger partial charge in [0.1, 0.15) is 6.61 Å². The first-order chi connectivity index (χ1) is 20.9. The Morgan fingerprint density at radius 2 is 1.33 bits per heavy atom. The van der Waals surface area contributed by atoms with Crippen LogP contribution < -0.4 is 0 Å². The van der Waals surface area contributed by atoms with Crippen LogP contribution in [0.15, 0.2) is 36.5 Å². The van der Waals surface area contributed by atoms with Crippen LogP contribution in [-0.2, 0) is 19.1 Å². The van der Waals surface area contributed by atoms with Crippen molar-refractivity contribution in [3.63, 3.8) is 0 Å². The molecule has 2 N–H and O–H groups in total. The lowest BCUT2D eigenvalue weighted by atomic mass is 10.0. The summed E-state index contributed by atoms with van der Waals surface area (Å²) < 4.78 is 10.4. The molecule has 0 radical (unpaired) electrons. The summed E-state index contributed by atoms with van der Waals surface area (Å²) >= 11 is 0. The fourth-order valence-corrected chi connectivity index (χ4v) is 4.75. The number of carbonyl (C=O) groups excluding carboxylic acids is 2. The maximum atomic E-state index is 12.1. The van der Waals surface area contributed by atoms with Crippen molar-refractivity contribution in [1.29, 1.82) is 0 Å². The van der Waals surface area contributed by atoms with Gasteiger partial charge in [-0.15, -0.1) is 0 Å². The highest BCUT2D eigenvalue weighted by Gasteiger charge is 2.16. The van der Waals surface area contributed by atoms with Gasteiger partial charge in [-0.1, -0.05) is 141 Å². The fraction of sp³-hybridized carbons (Fsp3) is 0.784. The smallest absolute Gasteiger partial charge is 0.306 e. The molecule has 250 valence electrons. The van der Waals surface area contributed by atoms with Crippen molar-refractivity contribution in [2.24, 2.45) is 5.92 Å². The van der Waals surface area contributed by atoms with Crippen molar-refractivity contribution in [3.8, 4) is 0 Å². The van der Waals surface area contributed by atoms with Gasteiger partial charge >= 0.3 is 11.9 Å². The molecule has 0 saturated heterocycles. The van der Waals surface area contributed by atoms with Crippen LogP contribution in [0.25, 0.3) is 0 Å². The molecule has 0 rings (SSSR count). The number of hydrogen-bond donors (Lipinski definition) is 2. The van der Waals surface area contributed by atoms with Gasteiger partial charge in [0.15, 0.2) is 6.10 Å². The number of allylic oxidation sites excluding steroid dienone is 5. The molecule has 0 aliphatic carbocycles. The van der Waals surface area contributed by atoms with E-state index in [0.29, 0.717) is 19.3 Å². The van der Waals surface area contributed by atoms with Crippen LogP contribution in [0, 0.1) is 5.92 Å². The quantitative estimate of drug-likeness (QED) is 0.0366. The normalized spacial score (nSPS) is 13.4. The molecule has 0 heterocycles. The molecule has 2 atom stereocenters. The Kier molecular flexibility index (Phi) is 30.1. The highest BCUT2D eigenvalue weighted by atomic mass is 16.6. The highest BCUT2D eigenvalue weighted by Crippen LogP contribution is 2.13. The summed E-state index contributed by atoms with van der Waals surface area (Å²) in [6, 6.07) is 0. The van der Waals surface area contributed by atoms with Gasteiger partial charge in [0, 0.05) is 12.8 Å². The van der Waals surface area contributed by atoms with Crippen LogP contribution in [-0.4, -0.2) is 47.6 Å². The Hall–Kier alpha value is -1.92. The first kappa shape index (κ1) is 41.1. The molecule has 0 aliphatic rings. The topological polar surface area (TPSA) is 93.1 Å². The summed E-state index contributed by atoms with van der Waals surface area (Å²) in [4.78, 5) is 24.1. The first-order valence-corrected chi connectivity index (χ1v) is 17.5. The number of carbonyl (C=O) groups is 2. The minimum absolute atomic E-state index is 0.131. The van der Waals surface area contributed by atoms with Crippen molar-refractivity contribution in [3.05, 3.63) is 36.5 Å². The van der Waals surface area contributed by atoms with E-state index in [1.165, 1.54) is 77.0 Å². The summed E-state index contributed by atoms with van der Waals surface area (Å²) in [5, 5.41) is 19.6. The third-order valence-electron chi connectivity index (χ3n) is 7.47. The lowest BCUT2D eigenvalue weighted by Gasteiger charge is -2.16. The maximum Gasteiger partial charge on any atom is 0.306 e. The number of hydrogen-bond acceptors (Lipinski definition) is 6. The Morgan fingerprint density at radius 1 is 0.698 bits per heavy atom. The lowest BCUT2D eigenvalue weighted by molar-refractivity contribution is -0.161. The molecule has 6 nitrogen and oxygen atoms in total. The second-order valence-electron chi connectivity index (χ2n) is 12.3. The van der Waals surface area contributed by atoms with Gasteiger partial charge < -0.3 is 19.7 Å². The molecule has 0 amide bonds. The number of aliphatic hydroxyl groups excluding tert-OH is 2. The summed E-state index contributed by atoms with van der Waals surface area (Å²) in [5.74, 6) is 0.00183. The van der Waals surface area contributed by atoms with E-state index in [2.05, 4.69) is 39.0 Å². The lowest BCUT2D eigenvalue weighted by Crippen LogP contribution is -2.28. The number of unbranched alkanes of at least 4 members (excludes halogenated alkanes) is 13. The Bertz CT molecular complexity index is 727. The summed E-state index contributed by atoms with van der Waals surface area (Å²) in [5.41, 5.74) is 0. The fourth-order valence-electron chi connectivity index (χ4n) is 4.75. The van der Waals surface area contributed by atoms with Crippen molar-refractivity contribution >= 4 is 11.9 Å². The monoisotopic (exact) mass is 606 g/mol. The Labute approximate surface area is 264 Å².